The van der Waals surface area contributed by atoms with Crippen molar-refractivity contribution in [2.24, 2.45) is 7.05 Å². The molecule has 0 spiro atoms. The Balaban J connectivity index is 3.09. The van der Waals surface area contributed by atoms with Gasteiger partial charge in [0.2, 0.25) is 0 Å². The van der Waals surface area contributed by atoms with Gasteiger partial charge >= 0.3 is 5.97 Å². The molecule has 0 fully saturated rings. The van der Waals surface area contributed by atoms with E-state index in [0.29, 0.717) is 5.56 Å². The van der Waals surface area contributed by atoms with Crippen LogP contribution >= 0.6 is 0 Å². The van der Waals surface area contributed by atoms with E-state index in [1.807, 2.05) is 0 Å². The van der Waals surface area contributed by atoms with Crippen LogP contribution in [-0.2, 0) is 18.3 Å². The molecule has 4 heteroatoms. The van der Waals surface area contributed by atoms with Crippen molar-refractivity contribution >= 4 is 5.97 Å². The van der Waals surface area contributed by atoms with Gasteiger partial charge in [0, 0.05) is 18.8 Å². The average Bonchev–Trinajstić information content (AvgIpc) is 1.98. The van der Waals surface area contributed by atoms with Gasteiger partial charge in [0.25, 0.3) is 5.56 Å². The zero-order chi connectivity index (χ0) is 9.14. The lowest BCUT2D eigenvalue weighted by molar-refractivity contribution is -0.136. The summed E-state index contributed by atoms with van der Waals surface area (Å²) in [6, 6.07) is 3.18. The summed E-state index contributed by atoms with van der Waals surface area (Å²) in [4.78, 5) is 21.5. The molecule has 1 rings (SSSR count). The highest BCUT2D eigenvalue weighted by atomic mass is 16.4. The summed E-state index contributed by atoms with van der Waals surface area (Å²) in [5.41, 5.74) is 0.0624. The summed E-state index contributed by atoms with van der Waals surface area (Å²) in [7, 11) is 1.59. The molecule has 0 aromatic carbocycles. The Morgan fingerprint density at radius 2 is 2.33 bits per heavy atom. The van der Waals surface area contributed by atoms with Crippen molar-refractivity contribution in [3.8, 4) is 0 Å². The SMILES string of the molecule is Cn1cccc(CC(=O)O)c1=O. The molecule has 0 aliphatic heterocycles. The lowest BCUT2D eigenvalue weighted by Crippen LogP contribution is -2.21. The van der Waals surface area contributed by atoms with Crippen molar-refractivity contribution in [2.75, 3.05) is 0 Å². The maximum absolute atomic E-state index is 11.2. The van der Waals surface area contributed by atoms with Gasteiger partial charge in [-0.2, -0.15) is 0 Å². The first-order valence-electron chi connectivity index (χ1n) is 3.47. The molecule has 0 amide bonds. The largest absolute Gasteiger partial charge is 0.481 e. The van der Waals surface area contributed by atoms with Crippen LogP contribution in [0.1, 0.15) is 5.56 Å². The second-order valence-corrected chi connectivity index (χ2v) is 2.52. The summed E-state index contributed by atoms with van der Waals surface area (Å²) in [5, 5.41) is 8.43. The van der Waals surface area contributed by atoms with E-state index < -0.39 is 5.97 Å². The molecule has 0 saturated carbocycles. The van der Waals surface area contributed by atoms with Gasteiger partial charge in [-0.25, -0.2) is 0 Å². The first-order valence-corrected chi connectivity index (χ1v) is 3.47. The topological polar surface area (TPSA) is 59.3 Å². The summed E-state index contributed by atoms with van der Waals surface area (Å²) in [5.74, 6) is -0.988. The highest BCUT2D eigenvalue weighted by molar-refractivity contribution is 5.69. The fourth-order valence-electron chi connectivity index (χ4n) is 0.951. The van der Waals surface area contributed by atoms with Gasteiger partial charge in [0.15, 0.2) is 0 Å². The second kappa shape index (κ2) is 3.21. The highest BCUT2D eigenvalue weighted by Crippen LogP contribution is 1.91. The smallest absolute Gasteiger partial charge is 0.308 e. The van der Waals surface area contributed by atoms with Gasteiger partial charge < -0.3 is 9.67 Å². The molecule has 0 aliphatic rings. The van der Waals surface area contributed by atoms with Gasteiger partial charge in [-0.3, -0.25) is 9.59 Å². The molecule has 64 valence electrons. The van der Waals surface area contributed by atoms with Crippen molar-refractivity contribution in [1.82, 2.24) is 4.57 Å². The van der Waals surface area contributed by atoms with Crippen LogP contribution in [-0.4, -0.2) is 15.6 Å². The Labute approximate surface area is 69.1 Å². The van der Waals surface area contributed by atoms with Crippen LogP contribution in [0.5, 0.6) is 0 Å². The normalized spacial score (nSPS) is 9.75. The van der Waals surface area contributed by atoms with E-state index in [1.54, 1.807) is 19.3 Å². The predicted octanol–water partition coefficient (Wildman–Crippen LogP) is 0.0124. The third-order valence-corrected chi connectivity index (χ3v) is 1.54. The molecule has 0 unspecified atom stereocenters. The monoisotopic (exact) mass is 167 g/mol. The van der Waals surface area contributed by atoms with Crippen molar-refractivity contribution in [1.29, 1.82) is 0 Å². The number of carboxylic acid groups (broad SMARTS) is 1. The second-order valence-electron chi connectivity index (χ2n) is 2.52. The summed E-state index contributed by atoms with van der Waals surface area (Å²) in [6.07, 6.45) is 1.38. The molecule has 0 bridgehead atoms. The summed E-state index contributed by atoms with van der Waals surface area (Å²) in [6.45, 7) is 0. The number of carbonyl (C=O) groups is 1. The Morgan fingerprint density at radius 1 is 1.67 bits per heavy atom. The van der Waals surface area contributed by atoms with E-state index in [9.17, 15) is 9.59 Å². The summed E-state index contributed by atoms with van der Waals surface area (Å²) < 4.78 is 1.36. The molecular formula is C8H9NO3. The maximum atomic E-state index is 11.2. The minimum absolute atomic E-state index is 0.215. The molecule has 0 atom stereocenters. The minimum atomic E-state index is -0.988. The Morgan fingerprint density at radius 3 is 2.92 bits per heavy atom. The van der Waals surface area contributed by atoms with Crippen molar-refractivity contribution in [3.05, 3.63) is 34.2 Å². The molecule has 0 aliphatic carbocycles. The van der Waals surface area contributed by atoms with Gasteiger partial charge in [-0.15, -0.1) is 0 Å². The quantitative estimate of drug-likeness (QED) is 0.675. The molecule has 0 saturated heterocycles. The molecular weight excluding hydrogens is 158 g/mol. The standard InChI is InChI=1S/C8H9NO3/c1-9-4-2-3-6(8(9)12)5-7(10)11/h2-4H,5H2,1H3,(H,10,11). The van der Waals surface area contributed by atoms with Crippen LogP contribution < -0.4 is 5.56 Å². The Bertz CT molecular complexity index is 354. The Kier molecular flexibility index (Phi) is 2.28. The molecule has 4 nitrogen and oxygen atoms in total. The zero-order valence-corrected chi connectivity index (χ0v) is 6.65. The fraction of sp³-hybridized carbons (Fsp3) is 0.250. The number of pyridine rings is 1. The number of rotatable bonds is 2. The summed E-state index contributed by atoms with van der Waals surface area (Å²) >= 11 is 0. The van der Waals surface area contributed by atoms with Crippen molar-refractivity contribution < 1.29 is 9.90 Å². The number of carboxylic acids is 1. The van der Waals surface area contributed by atoms with E-state index in [1.165, 1.54) is 10.6 Å². The van der Waals surface area contributed by atoms with Gasteiger partial charge in [-0.05, 0) is 6.07 Å². The lowest BCUT2D eigenvalue weighted by Gasteiger charge is -1.98. The van der Waals surface area contributed by atoms with Crippen LogP contribution in [0.15, 0.2) is 23.1 Å². The molecule has 1 aromatic heterocycles. The highest BCUT2D eigenvalue weighted by Gasteiger charge is 2.04. The van der Waals surface area contributed by atoms with Gasteiger partial charge in [-0.1, -0.05) is 6.07 Å². The maximum Gasteiger partial charge on any atom is 0.308 e. The van der Waals surface area contributed by atoms with Crippen molar-refractivity contribution in [3.63, 3.8) is 0 Å². The lowest BCUT2D eigenvalue weighted by atomic mass is 10.2. The van der Waals surface area contributed by atoms with Gasteiger partial charge in [0.05, 0.1) is 6.42 Å². The minimum Gasteiger partial charge on any atom is -0.481 e. The first-order chi connectivity index (χ1) is 5.61. The van der Waals surface area contributed by atoms with Crippen LogP contribution in [0, 0.1) is 0 Å². The predicted molar refractivity (Wildman–Crippen MR) is 43.0 cm³/mol. The van der Waals surface area contributed by atoms with Crippen LogP contribution in [0.25, 0.3) is 0 Å². The van der Waals surface area contributed by atoms with E-state index >= 15 is 0 Å². The van der Waals surface area contributed by atoms with Crippen LogP contribution in [0.2, 0.25) is 0 Å². The molecule has 1 heterocycles. The number of hydrogen-bond acceptors (Lipinski definition) is 2. The van der Waals surface area contributed by atoms with Crippen LogP contribution in [0.3, 0.4) is 0 Å². The molecule has 1 aromatic rings. The average molecular weight is 167 g/mol. The third kappa shape index (κ3) is 1.72. The number of hydrogen-bond donors (Lipinski definition) is 1. The molecule has 12 heavy (non-hydrogen) atoms. The van der Waals surface area contributed by atoms with Crippen LogP contribution in [0.4, 0.5) is 0 Å². The molecule has 0 radical (unpaired) electrons. The van der Waals surface area contributed by atoms with E-state index in [4.69, 9.17) is 5.11 Å². The number of aromatic nitrogens is 1. The van der Waals surface area contributed by atoms with Crippen molar-refractivity contribution in [2.45, 2.75) is 6.42 Å². The number of nitrogens with zero attached hydrogens (tertiary/aromatic N) is 1. The third-order valence-electron chi connectivity index (χ3n) is 1.54. The Hall–Kier alpha value is -1.58. The van der Waals surface area contributed by atoms with E-state index in [-0.39, 0.29) is 12.0 Å². The number of aliphatic carboxylic acids is 1. The molecule has 1 N–H and O–H groups in total. The number of aryl methyl sites for hydroxylation is 1. The van der Waals surface area contributed by atoms with E-state index in [2.05, 4.69) is 0 Å². The zero-order valence-electron chi connectivity index (χ0n) is 6.65. The fourth-order valence-corrected chi connectivity index (χ4v) is 0.951. The van der Waals surface area contributed by atoms with Gasteiger partial charge in [0.1, 0.15) is 0 Å². The first kappa shape index (κ1) is 8.52. The van der Waals surface area contributed by atoms with E-state index in [0.717, 1.165) is 0 Å².